The van der Waals surface area contributed by atoms with Gasteiger partial charge in [0.1, 0.15) is 12.4 Å². The average Bonchev–Trinajstić information content (AvgIpc) is 3.32. The van der Waals surface area contributed by atoms with Gasteiger partial charge in [-0.3, -0.25) is 10.1 Å². The Morgan fingerprint density at radius 3 is 2.71 bits per heavy atom. The number of nitro groups is 1. The number of benzene rings is 3. The smallest absolute Gasteiger partial charge is 0.270 e. The molecule has 0 unspecified atom stereocenters. The number of halogens is 1. The molecule has 3 aromatic carbocycles. The molecule has 3 aromatic rings. The van der Waals surface area contributed by atoms with Gasteiger partial charge in [0, 0.05) is 34.7 Å². The lowest BCUT2D eigenvalue weighted by molar-refractivity contribution is -0.385. The first-order valence-corrected chi connectivity index (χ1v) is 11.3. The number of methoxy groups -OCH3 is 1. The highest BCUT2D eigenvalue weighted by Crippen LogP contribution is 2.49. The monoisotopic (exact) mass is 491 g/mol. The van der Waals surface area contributed by atoms with E-state index in [1.54, 1.807) is 25.3 Å². The first-order chi connectivity index (χ1) is 17.0. The van der Waals surface area contributed by atoms with Gasteiger partial charge in [-0.1, -0.05) is 36.4 Å². The van der Waals surface area contributed by atoms with Crippen LogP contribution in [0.25, 0.3) is 0 Å². The van der Waals surface area contributed by atoms with E-state index < -0.39 is 11.2 Å². The van der Waals surface area contributed by atoms with E-state index in [4.69, 9.17) is 30.9 Å². The van der Waals surface area contributed by atoms with Gasteiger partial charge in [-0.15, -0.1) is 0 Å². The number of hydrogen-bond donors (Lipinski definition) is 0. The summed E-state index contributed by atoms with van der Waals surface area (Å²) in [6.07, 6.45) is 1.66. The molecule has 5 rings (SSSR count). The predicted molar refractivity (Wildman–Crippen MR) is 132 cm³/mol. The maximum Gasteiger partial charge on any atom is 0.270 e. The Bertz CT molecular complexity index is 1330. The zero-order chi connectivity index (χ0) is 24.5. The summed E-state index contributed by atoms with van der Waals surface area (Å²) in [5.41, 5.74) is 3.32. The fraction of sp³-hybridized carbons (Fsp3) is 0.192. The number of hydrazone groups is 1. The summed E-state index contributed by atoms with van der Waals surface area (Å²) in [4.78, 5) is 11.0. The minimum absolute atomic E-state index is 0.0103. The van der Waals surface area contributed by atoms with Gasteiger partial charge < -0.3 is 14.2 Å². The topological polar surface area (TPSA) is 86.4 Å². The average molecular weight is 492 g/mol. The van der Waals surface area contributed by atoms with E-state index in [0.717, 1.165) is 22.4 Å². The second kappa shape index (κ2) is 9.31. The second-order valence-electron chi connectivity index (χ2n) is 8.11. The Balaban J connectivity index is 1.58. The summed E-state index contributed by atoms with van der Waals surface area (Å²) in [6.45, 7) is 4.03. The highest BCUT2D eigenvalue weighted by molar-refractivity contribution is 6.30. The Hall–Kier alpha value is -4.04. The standard InChI is InChI=1S/C26H22ClN3O5/c1-3-12-34-24-10-6-17(13-25(24)33-2)26-29-22(15-21(28-29)16-4-7-18(27)8-5-16)20-14-19(30(31)32)9-11-23(20)35-26/h3-11,13-14,22,26H,1,12,15H2,2H3/t22-,26-/m1/s1. The van der Waals surface area contributed by atoms with E-state index in [-0.39, 0.29) is 11.7 Å². The lowest BCUT2D eigenvalue weighted by Gasteiger charge is -2.38. The molecule has 8 nitrogen and oxygen atoms in total. The van der Waals surface area contributed by atoms with Gasteiger partial charge in [-0.05, 0) is 42.0 Å². The Labute approximate surface area is 207 Å². The van der Waals surface area contributed by atoms with E-state index >= 15 is 0 Å². The van der Waals surface area contributed by atoms with Gasteiger partial charge in [0.05, 0.1) is 23.8 Å². The fourth-order valence-corrected chi connectivity index (χ4v) is 4.46. The minimum Gasteiger partial charge on any atom is -0.493 e. The molecule has 0 saturated carbocycles. The van der Waals surface area contributed by atoms with Crippen LogP contribution in [0.3, 0.4) is 0 Å². The molecule has 9 heteroatoms. The summed E-state index contributed by atoms with van der Waals surface area (Å²) in [5, 5.41) is 18.8. The Morgan fingerprint density at radius 2 is 2.00 bits per heavy atom. The summed E-state index contributed by atoms with van der Waals surface area (Å²) >= 11 is 6.07. The minimum atomic E-state index is -0.568. The number of hydrogen-bond acceptors (Lipinski definition) is 7. The SMILES string of the molecule is C=CCOc1ccc([C@H]2Oc3ccc([N+](=O)[O-])cc3[C@H]3CC(c4ccc(Cl)cc4)=NN32)cc1OC. The van der Waals surface area contributed by atoms with Gasteiger partial charge in [-0.25, -0.2) is 5.01 Å². The lowest BCUT2D eigenvalue weighted by atomic mass is 9.95. The molecule has 0 amide bonds. The maximum absolute atomic E-state index is 11.4. The molecule has 0 bridgehead atoms. The molecule has 35 heavy (non-hydrogen) atoms. The van der Waals surface area contributed by atoms with Crippen LogP contribution in [-0.4, -0.2) is 29.4 Å². The number of fused-ring (bicyclic) bond motifs is 3. The lowest BCUT2D eigenvalue weighted by Crippen LogP contribution is -2.33. The first-order valence-electron chi connectivity index (χ1n) is 11.0. The predicted octanol–water partition coefficient (Wildman–Crippen LogP) is 6.06. The van der Waals surface area contributed by atoms with Crippen molar-refractivity contribution in [2.75, 3.05) is 13.7 Å². The molecule has 0 aromatic heterocycles. The molecule has 0 fully saturated rings. The molecule has 2 aliphatic rings. The maximum atomic E-state index is 11.4. The second-order valence-corrected chi connectivity index (χ2v) is 8.55. The molecule has 0 aliphatic carbocycles. The quantitative estimate of drug-likeness (QED) is 0.227. The van der Waals surface area contributed by atoms with Crippen LogP contribution in [0, 0.1) is 10.1 Å². The van der Waals surface area contributed by atoms with E-state index in [1.807, 2.05) is 47.5 Å². The van der Waals surface area contributed by atoms with Crippen LogP contribution in [-0.2, 0) is 0 Å². The van der Waals surface area contributed by atoms with Crippen LogP contribution in [0.1, 0.15) is 35.4 Å². The van der Waals surface area contributed by atoms with Crippen LogP contribution >= 0.6 is 11.6 Å². The molecule has 0 N–H and O–H groups in total. The zero-order valence-electron chi connectivity index (χ0n) is 18.9. The van der Waals surface area contributed by atoms with Crippen molar-refractivity contribution in [1.82, 2.24) is 5.01 Å². The summed E-state index contributed by atoms with van der Waals surface area (Å²) in [7, 11) is 1.57. The van der Waals surface area contributed by atoms with Crippen LogP contribution in [0.4, 0.5) is 5.69 Å². The Morgan fingerprint density at radius 1 is 1.20 bits per heavy atom. The van der Waals surface area contributed by atoms with Crippen molar-refractivity contribution in [2.24, 2.45) is 5.10 Å². The normalized spacial score (nSPS) is 18.1. The van der Waals surface area contributed by atoms with Gasteiger partial charge in [0.2, 0.25) is 6.23 Å². The molecule has 0 saturated heterocycles. The summed E-state index contributed by atoms with van der Waals surface area (Å²) < 4.78 is 17.6. The van der Waals surface area contributed by atoms with Crippen molar-refractivity contribution in [1.29, 1.82) is 0 Å². The van der Waals surface area contributed by atoms with Crippen molar-refractivity contribution < 1.29 is 19.1 Å². The first kappa shape index (κ1) is 22.7. The summed E-state index contributed by atoms with van der Waals surface area (Å²) in [6, 6.07) is 17.5. The third-order valence-electron chi connectivity index (χ3n) is 5.99. The highest BCUT2D eigenvalue weighted by atomic mass is 35.5. The number of nitrogens with zero attached hydrogens (tertiary/aromatic N) is 3. The van der Waals surface area contributed by atoms with Crippen molar-refractivity contribution in [3.63, 3.8) is 0 Å². The number of rotatable bonds is 7. The number of ether oxygens (including phenoxy) is 3. The highest BCUT2D eigenvalue weighted by Gasteiger charge is 2.42. The van der Waals surface area contributed by atoms with E-state index in [2.05, 4.69) is 6.58 Å². The largest absolute Gasteiger partial charge is 0.493 e. The zero-order valence-corrected chi connectivity index (χ0v) is 19.6. The van der Waals surface area contributed by atoms with E-state index in [9.17, 15) is 10.1 Å². The molecular weight excluding hydrogens is 470 g/mol. The molecule has 0 spiro atoms. The van der Waals surface area contributed by atoms with E-state index in [0.29, 0.717) is 35.3 Å². The van der Waals surface area contributed by atoms with Crippen LogP contribution in [0.5, 0.6) is 17.2 Å². The van der Waals surface area contributed by atoms with Crippen LogP contribution < -0.4 is 14.2 Å². The van der Waals surface area contributed by atoms with Crippen molar-refractivity contribution in [2.45, 2.75) is 18.7 Å². The van der Waals surface area contributed by atoms with Crippen molar-refractivity contribution in [3.05, 3.63) is 105 Å². The number of nitro benzene ring substituents is 1. The molecule has 0 radical (unpaired) electrons. The van der Waals surface area contributed by atoms with Crippen LogP contribution in [0.2, 0.25) is 5.02 Å². The summed E-state index contributed by atoms with van der Waals surface area (Å²) in [5.74, 6) is 1.73. The molecule has 178 valence electrons. The fourth-order valence-electron chi connectivity index (χ4n) is 4.33. The molecule has 2 atom stereocenters. The molecule has 2 heterocycles. The van der Waals surface area contributed by atoms with Gasteiger partial charge in [0.15, 0.2) is 11.5 Å². The van der Waals surface area contributed by atoms with Gasteiger partial charge in [0.25, 0.3) is 5.69 Å². The number of non-ortho nitro benzene ring substituents is 1. The van der Waals surface area contributed by atoms with Gasteiger partial charge in [-0.2, -0.15) is 5.10 Å². The third-order valence-corrected chi connectivity index (χ3v) is 6.24. The van der Waals surface area contributed by atoms with Crippen molar-refractivity contribution >= 4 is 23.0 Å². The molecular formula is C26H22ClN3O5. The van der Waals surface area contributed by atoms with E-state index in [1.165, 1.54) is 6.07 Å². The Kier molecular flexibility index (Phi) is 6.05. The van der Waals surface area contributed by atoms with Gasteiger partial charge >= 0.3 is 0 Å². The third kappa shape index (κ3) is 4.28. The van der Waals surface area contributed by atoms with Crippen molar-refractivity contribution in [3.8, 4) is 17.2 Å². The molecule has 2 aliphatic heterocycles. The van der Waals surface area contributed by atoms with Crippen LogP contribution in [0.15, 0.2) is 78.4 Å².